The van der Waals surface area contributed by atoms with Crippen LogP contribution in [0, 0.1) is 5.82 Å². The van der Waals surface area contributed by atoms with Gasteiger partial charge in [0.25, 0.3) is 5.56 Å². The predicted molar refractivity (Wildman–Crippen MR) is 113 cm³/mol. The summed E-state index contributed by atoms with van der Waals surface area (Å²) in [4.78, 5) is 24.5. The molecule has 1 amide bonds. The Morgan fingerprint density at radius 3 is 2.63 bits per heavy atom. The Morgan fingerprint density at radius 1 is 1.17 bits per heavy atom. The molecule has 1 unspecified atom stereocenters. The van der Waals surface area contributed by atoms with E-state index >= 15 is 0 Å². The summed E-state index contributed by atoms with van der Waals surface area (Å²) in [5.74, 6) is -0.461. The summed E-state index contributed by atoms with van der Waals surface area (Å²) in [5, 5.41) is 7.04. The van der Waals surface area contributed by atoms with Gasteiger partial charge in [-0.25, -0.2) is 9.07 Å². The lowest BCUT2D eigenvalue weighted by Gasteiger charge is -2.14. The number of carbonyl (C=O) groups is 1. The first-order valence-corrected chi connectivity index (χ1v) is 9.71. The Bertz CT molecular complexity index is 1070. The van der Waals surface area contributed by atoms with Gasteiger partial charge in [0.1, 0.15) is 18.1 Å². The van der Waals surface area contributed by atoms with E-state index in [9.17, 15) is 14.0 Å². The van der Waals surface area contributed by atoms with Crippen LogP contribution in [0.2, 0.25) is 0 Å². The van der Waals surface area contributed by atoms with E-state index in [-0.39, 0.29) is 29.8 Å². The van der Waals surface area contributed by atoms with Gasteiger partial charge in [0.05, 0.1) is 12.8 Å². The molecule has 0 bridgehead atoms. The van der Waals surface area contributed by atoms with E-state index in [0.29, 0.717) is 5.75 Å². The molecule has 1 N–H and O–H groups in total. The van der Waals surface area contributed by atoms with Gasteiger partial charge >= 0.3 is 0 Å². The highest BCUT2D eigenvalue weighted by molar-refractivity contribution is 5.76. The Morgan fingerprint density at radius 2 is 1.93 bits per heavy atom. The van der Waals surface area contributed by atoms with Gasteiger partial charge in [-0.3, -0.25) is 9.59 Å². The first-order chi connectivity index (χ1) is 14.5. The predicted octanol–water partition coefficient (Wildman–Crippen LogP) is 3.20. The number of halogens is 1. The zero-order chi connectivity index (χ0) is 21.5. The zero-order valence-electron chi connectivity index (χ0n) is 17.0. The maximum Gasteiger partial charge on any atom is 0.267 e. The van der Waals surface area contributed by atoms with Crippen LogP contribution in [0.15, 0.2) is 65.5 Å². The molecule has 0 aliphatic heterocycles. The van der Waals surface area contributed by atoms with Crippen molar-refractivity contribution >= 4 is 5.91 Å². The number of hydrogen-bond acceptors (Lipinski definition) is 4. The molecule has 1 aromatic heterocycles. The van der Waals surface area contributed by atoms with Crippen molar-refractivity contribution in [2.45, 2.75) is 32.4 Å². The van der Waals surface area contributed by atoms with Crippen LogP contribution >= 0.6 is 0 Å². The number of nitrogens with one attached hydrogen (secondary N) is 1. The van der Waals surface area contributed by atoms with Crippen LogP contribution in [-0.4, -0.2) is 28.8 Å². The summed E-state index contributed by atoms with van der Waals surface area (Å²) < 4.78 is 20.4. The summed E-state index contributed by atoms with van der Waals surface area (Å²) in [7, 11) is 1.45. The standard InChI is InChI=1S/C23H24FN3O3/c1-16(8-9-17-6-4-3-5-7-17)25-22(28)15-27-23(29)13-12-21(26-27)19-11-10-18(30-2)14-20(19)24/h3-7,10-14,16H,8-9,15H2,1-2H3,(H,25,28). The number of carbonyl (C=O) groups excluding carboxylic acids is 1. The van der Waals surface area contributed by atoms with E-state index in [2.05, 4.69) is 10.4 Å². The summed E-state index contributed by atoms with van der Waals surface area (Å²) in [5.41, 5.74) is 1.26. The number of methoxy groups -OCH3 is 1. The van der Waals surface area contributed by atoms with E-state index in [4.69, 9.17) is 4.74 Å². The molecule has 6 nitrogen and oxygen atoms in total. The molecule has 30 heavy (non-hydrogen) atoms. The summed E-state index contributed by atoms with van der Waals surface area (Å²) in [6.45, 7) is 1.68. The van der Waals surface area contributed by atoms with Gasteiger partial charge in [0.2, 0.25) is 5.91 Å². The highest BCUT2D eigenvalue weighted by Crippen LogP contribution is 2.23. The Kier molecular flexibility index (Phi) is 6.95. The normalized spacial score (nSPS) is 11.7. The van der Waals surface area contributed by atoms with E-state index in [1.807, 2.05) is 37.3 Å². The lowest BCUT2D eigenvalue weighted by Crippen LogP contribution is -2.38. The topological polar surface area (TPSA) is 73.2 Å². The monoisotopic (exact) mass is 409 g/mol. The second-order valence-corrected chi connectivity index (χ2v) is 7.05. The molecule has 0 spiro atoms. The van der Waals surface area contributed by atoms with Crippen LogP contribution in [0.25, 0.3) is 11.3 Å². The summed E-state index contributed by atoms with van der Waals surface area (Å²) >= 11 is 0. The Balaban J connectivity index is 1.65. The average Bonchev–Trinajstić information content (AvgIpc) is 2.74. The molecule has 0 aliphatic carbocycles. The minimum absolute atomic E-state index is 0.0596. The first kappa shape index (κ1) is 21.2. The molecule has 1 atom stereocenters. The number of aromatic nitrogens is 2. The third kappa shape index (κ3) is 5.53. The molecule has 0 aliphatic rings. The van der Waals surface area contributed by atoms with Gasteiger partial charge in [-0.15, -0.1) is 0 Å². The fraction of sp³-hybridized carbons (Fsp3) is 0.261. The molecular weight excluding hydrogens is 385 g/mol. The zero-order valence-corrected chi connectivity index (χ0v) is 17.0. The first-order valence-electron chi connectivity index (χ1n) is 9.71. The number of aryl methyl sites for hydroxylation is 1. The Hall–Kier alpha value is -3.48. The molecule has 3 rings (SSSR count). The van der Waals surface area contributed by atoms with Crippen LogP contribution in [-0.2, 0) is 17.8 Å². The van der Waals surface area contributed by atoms with Gasteiger partial charge in [-0.2, -0.15) is 5.10 Å². The van der Waals surface area contributed by atoms with Gasteiger partial charge in [0, 0.05) is 23.7 Å². The molecule has 156 valence electrons. The summed E-state index contributed by atoms with van der Waals surface area (Å²) in [6.07, 6.45) is 1.61. The molecule has 0 fully saturated rings. The number of rotatable bonds is 8. The molecule has 0 saturated heterocycles. The number of hydrogen-bond donors (Lipinski definition) is 1. The van der Waals surface area contributed by atoms with Crippen molar-refractivity contribution in [2.75, 3.05) is 7.11 Å². The van der Waals surface area contributed by atoms with Gasteiger partial charge in [-0.1, -0.05) is 30.3 Å². The molecule has 2 aromatic carbocycles. The molecule has 3 aromatic rings. The van der Waals surface area contributed by atoms with Crippen molar-refractivity contribution in [3.05, 3.63) is 82.4 Å². The molecule has 0 radical (unpaired) electrons. The molecule has 0 saturated carbocycles. The Labute approximate surface area is 174 Å². The molecule has 1 heterocycles. The van der Waals surface area contributed by atoms with Crippen molar-refractivity contribution < 1.29 is 13.9 Å². The van der Waals surface area contributed by atoms with Crippen molar-refractivity contribution in [3.63, 3.8) is 0 Å². The van der Waals surface area contributed by atoms with E-state index in [0.717, 1.165) is 17.5 Å². The van der Waals surface area contributed by atoms with Gasteiger partial charge < -0.3 is 10.1 Å². The minimum atomic E-state index is -0.522. The van der Waals surface area contributed by atoms with Crippen molar-refractivity contribution in [1.82, 2.24) is 15.1 Å². The number of ether oxygens (including phenoxy) is 1. The molecular formula is C23H24FN3O3. The number of nitrogens with zero attached hydrogens (tertiary/aromatic N) is 2. The lowest BCUT2D eigenvalue weighted by molar-refractivity contribution is -0.122. The quantitative estimate of drug-likeness (QED) is 0.620. The van der Waals surface area contributed by atoms with Crippen LogP contribution < -0.4 is 15.6 Å². The third-order valence-corrected chi connectivity index (χ3v) is 4.73. The third-order valence-electron chi connectivity index (χ3n) is 4.73. The lowest BCUT2D eigenvalue weighted by atomic mass is 10.1. The minimum Gasteiger partial charge on any atom is -0.497 e. The highest BCUT2D eigenvalue weighted by Gasteiger charge is 2.13. The maximum atomic E-state index is 14.3. The van der Waals surface area contributed by atoms with E-state index < -0.39 is 11.4 Å². The van der Waals surface area contributed by atoms with Crippen LogP contribution in [0.3, 0.4) is 0 Å². The van der Waals surface area contributed by atoms with Crippen LogP contribution in [0.5, 0.6) is 5.75 Å². The second-order valence-electron chi connectivity index (χ2n) is 7.05. The highest BCUT2D eigenvalue weighted by atomic mass is 19.1. The SMILES string of the molecule is COc1ccc(-c2ccc(=O)n(CC(=O)NC(C)CCc3ccccc3)n2)c(F)c1. The van der Waals surface area contributed by atoms with Crippen LogP contribution in [0.4, 0.5) is 4.39 Å². The smallest absolute Gasteiger partial charge is 0.267 e. The van der Waals surface area contributed by atoms with Crippen LogP contribution in [0.1, 0.15) is 18.9 Å². The largest absolute Gasteiger partial charge is 0.497 e. The van der Waals surface area contributed by atoms with Gasteiger partial charge in [0.15, 0.2) is 0 Å². The number of amides is 1. The van der Waals surface area contributed by atoms with Crippen molar-refractivity contribution in [3.8, 4) is 17.0 Å². The van der Waals surface area contributed by atoms with E-state index in [1.165, 1.54) is 36.9 Å². The van der Waals surface area contributed by atoms with Crippen molar-refractivity contribution in [2.24, 2.45) is 0 Å². The van der Waals surface area contributed by atoms with Crippen molar-refractivity contribution in [1.29, 1.82) is 0 Å². The second kappa shape index (κ2) is 9.82. The fourth-order valence-corrected chi connectivity index (χ4v) is 3.09. The fourth-order valence-electron chi connectivity index (χ4n) is 3.09. The van der Waals surface area contributed by atoms with E-state index in [1.54, 1.807) is 6.07 Å². The maximum absolute atomic E-state index is 14.3. The molecule has 7 heteroatoms. The average molecular weight is 409 g/mol. The number of benzene rings is 2. The van der Waals surface area contributed by atoms with Gasteiger partial charge in [-0.05, 0) is 43.5 Å². The summed E-state index contributed by atoms with van der Waals surface area (Å²) in [6, 6.07) is 17.0.